The van der Waals surface area contributed by atoms with E-state index in [0.29, 0.717) is 12.0 Å². The number of thiazole rings is 1. The Morgan fingerprint density at radius 1 is 1.29 bits per heavy atom. The summed E-state index contributed by atoms with van der Waals surface area (Å²) in [5, 5.41) is 4.40. The molecule has 0 spiro atoms. The predicted molar refractivity (Wildman–Crippen MR) is 96.2 cm³/mol. The number of nitrogens with one attached hydrogen (secondary N) is 1. The number of hydrogen-bond donors (Lipinski definition) is 1. The van der Waals surface area contributed by atoms with Crippen LogP contribution in [0.3, 0.4) is 0 Å². The molecule has 24 heavy (non-hydrogen) atoms. The van der Waals surface area contributed by atoms with E-state index in [9.17, 15) is 4.79 Å². The SMILES string of the molecule is Cc1cnc([C@@H](NC(=O)N2CCC[C@H]2CN2CCCC2)C2CC2)s1. The highest BCUT2D eigenvalue weighted by Gasteiger charge is 2.38. The van der Waals surface area contributed by atoms with Crippen molar-refractivity contribution in [3.05, 3.63) is 16.1 Å². The van der Waals surface area contributed by atoms with E-state index >= 15 is 0 Å². The molecular weight excluding hydrogens is 320 g/mol. The molecule has 0 radical (unpaired) electrons. The zero-order valence-corrected chi connectivity index (χ0v) is 15.4. The fraction of sp³-hybridized carbons (Fsp3) is 0.778. The Bertz CT molecular complexity index is 579. The summed E-state index contributed by atoms with van der Waals surface area (Å²) in [6.07, 6.45) is 9.25. The third-order valence-corrected chi connectivity index (χ3v) is 6.58. The van der Waals surface area contributed by atoms with Gasteiger partial charge in [0.25, 0.3) is 0 Å². The number of likely N-dealkylation sites (tertiary alicyclic amines) is 2. The molecule has 132 valence electrons. The van der Waals surface area contributed by atoms with Crippen molar-refractivity contribution in [1.82, 2.24) is 20.1 Å². The second-order valence-corrected chi connectivity index (χ2v) is 8.84. The Labute approximate surface area is 148 Å². The number of hydrogen-bond acceptors (Lipinski definition) is 4. The monoisotopic (exact) mass is 348 g/mol. The topological polar surface area (TPSA) is 48.5 Å². The van der Waals surface area contributed by atoms with Crippen molar-refractivity contribution in [1.29, 1.82) is 0 Å². The van der Waals surface area contributed by atoms with Gasteiger partial charge in [0.15, 0.2) is 0 Å². The number of aryl methyl sites for hydroxylation is 1. The second kappa shape index (κ2) is 7.00. The van der Waals surface area contributed by atoms with Crippen LogP contribution in [0.25, 0.3) is 0 Å². The van der Waals surface area contributed by atoms with Crippen LogP contribution in [0.1, 0.15) is 54.5 Å². The summed E-state index contributed by atoms with van der Waals surface area (Å²) in [7, 11) is 0. The van der Waals surface area contributed by atoms with E-state index in [-0.39, 0.29) is 12.1 Å². The summed E-state index contributed by atoms with van der Waals surface area (Å²) in [6.45, 7) is 6.44. The summed E-state index contributed by atoms with van der Waals surface area (Å²) in [4.78, 5) is 23.3. The van der Waals surface area contributed by atoms with Crippen LogP contribution >= 0.6 is 11.3 Å². The van der Waals surface area contributed by atoms with Crippen LogP contribution in [0.5, 0.6) is 0 Å². The number of rotatable bonds is 5. The molecule has 0 unspecified atom stereocenters. The predicted octanol–water partition coefficient (Wildman–Crippen LogP) is 3.17. The molecule has 1 saturated carbocycles. The van der Waals surface area contributed by atoms with Crippen molar-refractivity contribution >= 4 is 17.4 Å². The highest BCUT2D eigenvalue weighted by molar-refractivity contribution is 7.11. The lowest BCUT2D eigenvalue weighted by molar-refractivity contribution is 0.170. The molecule has 6 heteroatoms. The summed E-state index contributed by atoms with van der Waals surface area (Å²) in [5.74, 6) is 0.583. The molecule has 1 aromatic rings. The van der Waals surface area contributed by atoms with E-state index in [1.165, 1.54) is 43.6 Å². The number of carbonyl (C=O) groups excluding carboxylic acids is 1. The van der Waals surface area contributed by atoms with Crippen molar-refractivity contribution in [2.24, 2.45) is 5.92 Å². The van der Waals surface area contributed by atoms with Crippen LogP contribution in [-0.4, -0.2) is 53.0 Å². The molecule has 1 aliphatic carbocycles. The first-order chi connectivity index (χ1) is 11.7. The lowest BCUT2D eigenvalue weighted by Crippen LogP contribution is -2.48. The van der Waals surface area contributed by atoms with Gasteiger partial charge in [0.1, 0.15) is 5.01 Å². The van der Waals surface area contributed by atoms with Crippen LogP contribution in [0.2, 0.25) is 0 Å². The molecule has 3 aliphatic rings. The molecule has 2 saturated heterocycles. The van der Waals surface area contributed by atoms with Crippen LogP contribution in [-0.2, 0) is 0 Å². The van der Waals surface area contributed by atoms with Gasteiger partial charge >= 0.3 is 6.03 Å². The highest BCUT2D eigenvalue weighted by Crippen LogP contribution is 2.42. The van der Waals surface area contributed by atoms with E-state index in [1.54, 1.807) is 11.3 Å². The van der Waals surface area contributed by atoms with Gasteiger partial charge in [-0.25, -0.2) is 9.78 Å². The molecule has 2 atom stereocenters. The minimum atomic E-state index is 0.115. The van der Waals surface area contributed by atoms with E-state index in [1.807, 2.05) is 6.20 Å². The molecule has 0 aromatic carbocycles. The lowest BCUT2D eigenvalue weighted by Gasteiger charge is -2.30. The van der Waals surface area contributed by atoms with Gasteiger partial charge in [0, 0.05) is 30.2 Å². The zero-order valence-electron chi connectivity index (χ0n) is 14.5. The minimum Gasteiger partial charge on any atom is -0.328 e. The number of aromatic nitrogens is 1. The Kier molecular flexibility index (Phi) is 4.77. The van der Waals surface area contributed by atoms with Gasteiger partial charge in [-0.1, -0.05) is 0 Å². The van der Waals surface area contributed by atoms with E-state index in [0.717, 1.165) is 30.9 Å². The molecule has 4 rings (SSSR count). The second-order valence-electron chi connectivity index (χ2n) is 7.57. The molecule has 3 fully saturated rings. The smallest absolute Gasteiger partial charge is 0.318 e. The maximum atomic E-state index is 12.9. The average molecular weight is 349 g/mol. The van der Waals surface area contributed by atoms with E-state index in [2.05, 4.69) is 27.0 Å². The van der Waals surface area contributed by atoms with Gasteiger partial charge in [-0.05, 0) is 64.5 Å². The van der Waals surface area contributed by atoms with Crippen LogP contribution < -0.4 is 5.32 Å². The minimum absolute atomic E-state index is 0.115. The van der Waals surface area contributed by atoms with Crippen molar-refractivity contribution in [3.8, 4) is 0 Å². The molecule has 0 bridgehead atoms. The van der Waals surface area contributed by atoms with Gasteiger partial charge in [-0.2, -0.15) is 0 Å². The maximum Gasteiger partial charge on any atom is 0.318 e. The Hall–Kier alpha value is -1.14. The molecule has 2 amide bonds. The quantitative estimate of drug-likeness (QED) is 0.889. The Morgan fingerprint density at radius 2 is 2.08 bits per heavy atom. The van der Waals surface area contributed by atoms with Gasteiger partial charge in [-0.3, -0.25) is 0 Å². The number of urea groups is 1. The standard InChI is InChI=1S/C18H28N4OS/c1-13-11-19-17(24-13)16(14-6-7-14)20-18(23)22-10-4-5-15(22)12-21-8-2-3-9-21/h11,14-16H,2-10,12H2,1H3,(H,20,23)/t15-,16-/m0/s1. The summed E-state index contributed by atoms with van der Waals surface area (Å²) in [6, 6.07) is 0.631. The molecule has 2 aliphatic heterocycles. The first kappa shape index (κ1) is 16.3. The third kappa shape index (κ3) is 3.59. The number of nitrogens with zero attached hydrogens (tertiary/aromatic N) is 3. The Morgan fingerprint density at radius 3 is 2.75 bits per heavy atom. The maximum absolute atomic E-state index is 12.9. The third-order valence-electron chi connectivity index (χ3n) is 5.58. The summed E-state index contributed by atoms with van der Waals surface area (Å²) < 4.78 is 0. The first-order valence-electron chi connectivity index (χ1n) is 9.42. The van der Waals surface area contributed by atoms with E-state index in [4.69, 9.17) is 0 Å². The largest absolute Gasteiger partial charge is 0.328 e. The average Bonchev–Trinajstić information content (AvgIpc) is 2.96. The van der Waals surface area contributed by atoms with Crippen molar-refractivity contribution < 1.29 is 4.79 Å². The molecule has 5 nitrogen and oxygen atoms in total. The molecule has 1 aromatic heterocycles. The number of amides is 2. The van der Waals surface area contributed by atoms with Gasteiger partial charge in [-0.15, -0.1) is 11.3 Å². The van der Waals surface area contributed by atoms with Crippen molar-refractivity contribution in [3.63, 3.8) is 0 Å². The zero-order chi connectivity index (χ0) is 16.5. The van der Waals surface area contributed by atoms with Crippen molar-refractivity contribution in [2.45, 2.75) is 57.5 Å². The summed E-state index contributed by atoms with van der Waals surface area (Å²) >= 11 is 1.72. The molecular formula is C18H28N4OS. The molecule has 1 N–H and O–H groups in total. The fourth-order valence-corrected chi connectivity index (χ4v) is 5.02. The van der Waals surface area contributed by atoms with Crippen LogP contribution in [0.4, 0.5) is 4.79 Å². The fourth-order valence-electron chi connectivity index (χ4n) is 4.10. The number of carbonyl (C=O) groups is 1. The highest BCUT2D eigenvalue weighted by atomic mass is 32.1. The van der Waals surface area contributed by atoms with Gasteiger partial charge < -0.3 is 15.1 Å². The van der Waals surface area contributed by atoms with Crippen LogP contribution in [0.15, 0.2) is 6.20 Å². The van der Waals surface area contributed by atoms with Gasteiger partial charge in [0.05, 0.1) is 6.04 Å². The van der Waals surface area contributed by atoms with Gasteiger partial charge in [0.2, 0.25) is 0 Å². The molecule has 3 heterocycles. The normalized spacial score (nSPS) is 26.0. The lowest BCUT2D eigenvalue weighted by atomic mass is 10.2. The summed E-state index contributed by atoms with van der Waals surface area (Å²) in [5.41, 5.74) is 0. The van der Waals surface area contributed by atoms with Crippen molar-refractivity contribution in [2.75, 3.05) is 26.2 Å². The van der Waals surface area contributed by atoms with E-state index < -0.39 is 0 Å². The van der Waals surface area contributed by atoms with Crippen LogP contribution in [0, 0.1) is 12.8 Å². The first-order valence-corrected chi connectivity index (χ1v) is 10.2. The Balaban J connectivity index is 1.40.